The van der Waals surface area contributed by atoms with Crippen molar-refractivity contribution in [1.29, 1.82) is 0 Å². The van der Waals surface area contributed by atoms with Gasteiger partial charge in [-0.25, -0.2) is 0 Å². The number of piperazine rings is 1. The van der Waals surface area contributed by atoms with Gasteiger partial charge in [0, 0.05) is 37.9 Å². The van der Waals surface area contributed by atoms with Gasteiger partial charge in [0.15, 0.2) is 0 Å². The van der Waals surface area contributed by atoms with Crippen molar-refractivity contribution < 1.29 is 9.72 Å². The van der Waals surface area contributed by atoms with Crippen LogP contribution in [0.4, 0.5) is 11.4 Å². The van der Waals surface area contributed by atoms with E-state index >= 15 is 0 Å². The minimum absolute atomic E-state index is 0.0266. The number of carbonyl (C=O) groups excluding carboxylic acids is 1. The zero-order valence-corrected chi connectivity index (χ0v) is 16.4. The summed E-state index contributed by atoms with van der Waals surface area (Å²) in [7, 11) is 0. The van der Waals surface area contributed by atoms with Crippen LogP contribution in [0.1, 0.15) is 11.1 Å². The summed E-state index contributed by atoms with van der Waals surface area (Å²) in [5.41, 5.74) is 3.84. The van der Waals surface area contributed by atoms with E-state index in [0.717, 1.165) is 13.1 Å². The number of hydrogen-bond acceptors (Lipinski definition) is 5. The summed E-state index contributed by atoms with van der Waals surface area (Å²) in [6, 6.07) is 12.9. The highest BCUT2D eigenvalue weighted by molar-refractivity contribution is 8.00. The van der Waals surface area contributed by atoms with E-state index in [1.54, 1.807) is 18.2 Å². The van der Waals surface area contributed by atoms with Crippen LogP contribution in [0.5, 0.6) is 0 Å². The lowest BCUT2D eigenvalue weighted by molar-refractivity contribution is -0.387. The Morgan fingerprint density at radius 2 is 1.78 bits per heavy atom. The van der Waals surface area contributed by atoms with Gasteiger partial charge < -0.3 is 9.80 Å². The molecule has 1 aliphatic heterocycles. The molecule has 142 valence electrons. The van der Waals surface area contributed by atoms with E-state index in [-0.39, 0.29) is 17.3 Å². The number of para-hydroxylation sites is 1. The van der Waals surface area contributed by atoms with E-state index in [1.165, 1.54) is 34.6 Å². The number of anilines is 1. The second kappa shape index (κ2) is 8.43. The van der Waals surface area contributed by atoms with Crippen molar-refractivity contribution in [2.75, 3.05) is 36.8 Å². The quantitative estimate of drug-likeness (QED) is 0.446. The first-order chi connectivity index (χ1) is 13.0. The van der Waals surface area contributed by atoms with Crippen molar-refractivity contribution in [3.63, 3.8) is 0 Å². The van der Waals surface area contributed by atoms with Crippen molar-refractivity contribution in [1.82, 2.24) is 4.90 Å². The Balaban J connectivity index is 1.56. The molecule has 0 saturated carbocycles. The van der Waals surface area contributed by atoms with Crippen LogP contribution < -0.4 is 4.90 Å². The summed E-state index contributed by atoms with van der Waals surface area (Å²) in [5.74, 6) is 0.243. The summed E-state index contributed by atoms with van der Waals surface area (Å²) in [6.45, 7) is 7.18. The largest absolute Gasteiger partial charge is 0.368 e. The number of nitrogens with zero attached hydrogens (tertiary/aromatic N) is 3. The van der Waals surface area contributed by atoms with Gasteiger partial charge >= 0.3 is 0 Å². The van der Waals surface area contributed by atoms with Crippen LogP contribution in [-0.2, 0) is 4.79 Å². The van der Waals surface area contributed by atoms with Gasteiger partial charge in [-0.1, -0.05) is 24.3 Å². The Labute approximate surface area is 163 Å². The molecule has 1 aliphatic rings. The van der Waals surface area contributed by atoms with Crippen molar-refractivity contribution in [3.8, 4) is 0 Å². The molecule has 0 unspecified atom stereocenters. The van der Waals surface area contributed by atoms with Crippen LogP contribution >= 0.6 is 11.8 Å². The van der Waals surface area contributed by atoms with Gasteiger partial charge in [-0.3, -0.25) is 14.9 Å². The van der Waals surface area contributed by atoms with Crippen molar-refractivity contribution in [2.45, 2.75) is 18.7 Å². The van der Waals surface area contributed by atoms with Crippen LogP contribution in [-0.4, -0.2) is 47.7 Å². The van der Waals surface area contributed by atoms with Crippen molar-refractivity contribution in [3.05, 3.63) is 63.7 Å². The molecule has 1 heterocycles. The highest BCUT2D eigenvalue weighted by Gasteiger charge is 2.23. The van der Waals surface area contributed by atoms with E-state index in [2.05, 4.69) is 36.9 Å². The third-order valence-electron chi connectivity index (χ3n) is 4.96. The Kier molecular flexibility index (Phi) is 6.01. The summed E-state index contributed by atoms with van der Waals surface area (Å²) in [5, 5.41) is 11.1. The Morgan fingerprint density at radius 1 is 1.07 bits per heavy atom. The van der Waals surface area contributed by atoms with Crippen LogP contribution in [0.2, 0.25) is 0 Å². The zero-order valence-electron chi connectivity index (χ0n) is 15.6. The fourth-order valence-electron chi connectivity index (χ4n) is 3.24. The Hall–Kier alpha value is -2.54. The molecule has 2 aromatic carbocycles. The highest BCUT2D eigenvalue weighted by Crippen LogP contribution is 2.29. The van der Waals surface area contributed by atoms with Crippen LogP contribution in [0.25, 0.3) is 0 Å². The number of amides is 1. The smallest absolute Gasteiger partial charge is 0.282 e. The molecule has 3 rings (SSSR count). The second-order valence-electron chi connectivity index (χ2n) is 6.60. The fraction of sp³-hybridized carbons (Fsp3) is 0.350. The number of nitro groups is 1. The van der Waals surface area contributed by atoms with E-state index < -0.39 is 4.92 Å². The topological polar surface area (TPSA) is 66.7 Å². The predicted octanol–water partition coefficient (Wildman–Crippen LogP) is 3.65. The molecule has 0 bridgehead atoms. The number of carbonyl (C=O) groups is 1. The molecule has 27 heavy (non-hydrogen) atoms. The van der Waals surface area contributed by atoms with Gasteiger partial charge in [-0.2, -0.15) is 0 Å². The number of aryl methyl sites for hydroxylation is 1. The number of thioether (sulfide) groups is 1. The van der Waals surface area contributed by atoms with Gasteiger partial charge in [0.25, 0.3) is 5.69 Å². The lowest BCUT2D eigenvalue weighted by Crippen LogP contribution is -2.49. The maximum atomic E-state index is 12.5. The first kappa shape index (κ1) is 19.2. The first-order valence-electron chi connectivity index (χ1n) is 8.92. The Morgan fingerprint density at radius 3 is 2.48 bits per heavy atom. The average Bonchev–Trinajstić information content (AvgIpc) is 2.68. The monoisotopic (exact) mass is 385 g/mol. The molecule has 1 saturated heterocycles. The van der Waals surface area contributed by atoms with Gasteiger partial charge in [-0.15, -0.1) is 11.8 Å². The third kappa shape index (κ3) is 4.42. The highest BCUT2D eigenvalue weighted by atomic mass is 32.2. The normalized spacial score (nSPS) is 14.3. The summed E-state index contributed by atoms with van der Waals surface area (Å²) >= 11 is 1.23. The van der Waals surface area contributed by atoms with E-state index in [9.17, 15) is 14.9 Å². The molecule has 7 heteroatoms. The molecule has 0 aliphatic carbocycles. The number of nitro benzene ring substituents is 1. The molecule has 0 atom stereocenters. The lowest BCUT2D eigenvalue weighted by atomic mass is 10.1. The molecule has 0 N–H and O–H groups in total. The molecule has 0 radical (unpaired) electrons. The number of benzene rings is 2. The van der Waals surface area contributed by atoms with E-state index in [4.69, 9.17) is 0 Å². The maximum Gasteiger partial charge on any atom is 0.282 e. The summed E-state index contributed by atoms with van der Waals surface area (Å²) < 4.78 is 0. The van der Waals surface area contributed by atoms with Gasteiger partial charge in [0.1, 0.15) is 0 Å². The Bertz CT molecular complexity index is 848. The molecule has 2 aromatic rings. The second-order valence-corrected chi connectivity index (χ2v) is 7.62. The van der Waals surface area contributed by atoms with Crippen molar-refractivity contribution in [2.24, 2.45) is 0 Å². The van der Waals surface area contributed by atoms with Crippen LogP contribution in [0.15, 0.2) is 47.4 Å². The SMILES string of the molecule is Cc1cccc(N2CCN(C(=O)CSc3ccccc3[N+](=O)[O-])CC2)c1C. The molecule has 1 fully saturated rings. The molecule has 6 nitrogen and oxygen atoms in total. The molecular formula is C20H23N3O3S. The number of rotatable bonds is 5. The number of hydrogen-bond donors (Lipinski definition) is 0. The first-order valence-corrected chi connectivity index (χ1v) is 9.91. The average molecular weight is 385 g/mol. The molecule has 0 aromatic heterocycles. The summed E-state index contributed by atoms with van der Waals surface area (Å²) in [6.07, 6.45) is 0. The molecule has 1 amide bonds. The van der Waals surface area contributed by atoms with Crippen LogP contribution in [0.3, 0.4) is 0 Å². The summed E-state index contributed by atoms with van der Waals surface area (Å²) in [4.78, 5) is 27.9. The minimum Gasteiger partial charge on any atom is -0.368 e. The molecular weight excluding hydrogens is 362 g/mol. The zero-order chi connectivity index (χ0) is 19.4. The minimum atomic E-state index is -0.407. The van der Waals surface area contributed by atoms with Gasteiger partial charge in [0.05, 0.1) is 15.6 Å². The fourth-order valence-corrected chi connectivity index (χ4v) is 4.16. The van der Waals surface area contributed by atoms with Crippen molar-refractivity contribution >= 4 is 29.0 Å². The third-order valence-corrected chi connectivity index (χ3v) is 6.01. The van der Waals surface area contributed by atoms with Gasteiger partial charge in [0.2, 0.25) is 5.91 Å². The lowest BCUT2D eigenvalue weighted by Gasteiger charge is -2.37. The van der Waals surface area contributed by atoms with Gasteiger partial charge in [-0.05, 0) is 37.1 Å². The maximum absolute atomic E-state index is 12.5. The predicted molar refractivity (Wildman–Crippen MR) is 109 cm³/mol. The van der Waals surface area contributed by atoms with E-state index in [0.29, 0.717) is 18.0 Å². The standard InChI is InChI=1S/C20H23N3O3S/c1-15-6-5-8-17(16(15)2)21-10-12-22(13-11-21)20(24)14-27-19-9-4-3-7-18(19)23(25)26/h3-9H,10-14H2,1-2H3. The molecule has 0 spiro atoms. The van der Waals surface area contributed by atoms with E-state index in [1.807, 2.05) is 4.90 Å². The van der Waals surface area contributed by atoms with Crippen LogP contribution in [0, 0.1) is 24.0 Å².